The Morgan fingerprint density at radius 3 is 2.06 bits per heavy atom. The molecule has 16 heavy (non-hydrogen) atoms. The molecule has 0 saturated carbocycles. The first kappa shape index (κ1) is 13.9. The summed E-state index contributed by atoms with van der Waals surface area (Å²) in [5, 5.41) is 0. The topological polar surface area (TPSA) is 32.5 Å². The van der Waals surface area contributed by atoms with Crippen LogP contribution in [0.2, 0.25) is 0 Å². The number of hydrogen-bond donors (Lipinski definition) is 1. The lowest BCUT2D eigenvalue weighted by Crippen LogP contribution is -2.50. The Morgan fingerprint density at radius 2 is 1.62 bits per heavy atom. The van der Waals surface area contributed by atoms with Gasteiger partial charge in [-0.1, -0.05) is 27.2 Å². The van der Waals surface area contributed by atoms with Crippen LogP contribution in [0.1, 0.15) is 33.6 Å². The molecule has 0 aromatic heterocycles. The van der Waals surface area contributed by atoms with E-state index < -0.39 is 0 Å². The zero-order valence-electron chi connectivity index (χ0n) is 11.3. The zero-order valence-corrected chi connectivity index (χ0v) is 11.3. The van der Waals surface area contributed by atoms with Crippen LogP contribution in [0.4, 0.5) is 0 Å². The third-order valence-corrected chi connectivity index (χ3v) is 3.86. The van der Waals surface area contributed by atoms with Crippen molar-refractivity contribution in [3.63, 3.8) is 0 Å². The van der Waals surface area contributed by atoms with Crippen LogP contribution >= 0.6 is 0 Å². The van der Waals surface area contributed by atoms with Gasteiger partial charge in [0.2, 0.25) is 0 Å². The van der Waals surface area contributed by atoms with Gasteiger partial charge >= 0.3 is 0 Å². The number of hydrogen-bond acceptors (Lipinski definition) is 3. The van der Waals surface area contributed by atoms with Crippen molar-refractivity contribution in [1.29, 1.82) is 0 Å². The largest absolute Gasteiger partial charge is 0.330 e. The molecule has 96 valence electrons. The van der Waals surface area contributed by atoms with Crippen LogP contribution in [0.5, 0.6) is 0 Å². The fraction of sp³-hybridized carbons (Fsp3) is 1.00. The molecular formula is C13H29N3. The minimum absolute atomic E-state index is 0.323. The summed E-state index contributed by atoms with van der Waals surface area (Å²) in [5.41, 5.74) is 6.25. The molecule has 0 aromatic carbocycles. The lowest BCUT2D eigenvalue weighted by molar-refractivity contribution is 0.0922. The molecule has 0 aromatic rings. The van der Waals surface area contributed by atoms with Crippen LogP contribution in [0.3, 0.4) is 0 Å². The Kier molecular flexibility index (Phi) is 5.73. The van der Waals surface area contributed by atoms with Crippen molar-refractivity contribution in [3.05, 3.63) is 0 Å². The van der Waals surface area contributed by atoms with Gasteiger partial charge in [0.15, 0.2) is 0 Å². The van der Waals surface area contributed by atoms with Gasteiger partial charge in [-0.15, -0.1) is 0 Å². The molecule has 1 heterocycles. The predicted octanol–water partition coefficient (Wildman–Crippen LogP) is 1.39. The second-order valence-corrected chi connectivity index (χ2v) is 5.48. The molecule has 3 heteroatoms. The van der Waals surface area contributed by atoms with Gasteiger partial charge in [0.05, 0.1) is 0 Å². The smallest absolute Gasteiger partial charge is 0.0110 e. The lowest BCUT2D eigenvalue weighted by atomic mass is 9.85. The summed E-state index contributed by atoms with van der Waals surface area (Å²) < 4.78 is 0. The van der Waals surface area contributed by atoms with Crippen LogP contribution in [0.15, 0.2) is 0 Å². The fourth-order valence-corrected chi connectivity index (χ4v) is 2.65. The van der Waals surface area contributed by atoms with E-state index in [9.17, 15) is 0 Å². The number of piperazine rings is 1. The highest BCUT2D eigenvalue weighted by atomic mass is 15.3. The standard InChI is InChI=1S/C13H29N3/c1-4-6-13(3,11-14)12-16-9-7-15(5-2)8-10-16/h4-12,14H2,1-3H3. The fourth-order valence-electron chi connectivity index (χ4n) is 2.65. The van der Waals surface area contributed by atoms with Gasteiger partial charge in [0, 0.05) is 32.7 Å². The summed E-state index contributed by atoms with van der Waals surface area (Å²) >= 11 is 0. The minimum atomic E-state index is 0.323. The molecule has 0 amide bonds. The zero-order chi connectivity index (χ0) is 12.0. The quantitative estimate of drug-likeness (QED) is 0.744. The van der Waals surface area contributed by atoms with Crippen molar-refractivity contribution >= 4 is 0 Å². The van der Waals surface area contributed by atoms with Crippen molar-refractivity contribution in [2.75, 3.05) is 45.8 Å². The summed E-state index contributed by atoms with van der Waals surface area (Å²) in [6.07, 6.45) is 2.49. The first-order valence-electron chi connectivity index (χ1n) is 6.78. The number of rotatable bonds is 6. The third kappa shape index (κ3) is 4.04. The molecule has 1 unspecified atom stereocenters. The molecule has 0 aliphatic carbocycles. The first-order chi connectivity index (χ1) is 7.63. The maximum absolute atomic E-state index is 5.93. The molecule has 1 rings (SSSR count). The number of likely N-dealkylation sites (N-methyl/N-ethyl adjacent to an activating group) is 1. The van der Waals surface area contributed by atoms with E-state index in [0.29, 0.717) is 5.41 Å². The molecule has 0 spiro atoms. The number of nitrogens with two attached hydrogens (primary N) is 1. The molecule has 0 bridgehead atoms. The van der Waals surface area contributed by atoms with Gasteiger partial charge in [-0.25, -0.2) is 0 Å². The molecule has 1 saturated heterocycles. The monoisotopic (exact) mass is 227 g/mol. The number of nitrogens with zero attached hydrogens (tertiary/aromatic N) is 2. The third-order valence-electron chi connectivity index (χ3n) is 3.86. The maximum Gasteiger partial charge on any atom is 0.0110 e. The average molecular weight is 227 g/mol. The van der Waals surface area contributed by atoms with E-state index in [1.165, 1.54) is 52.1 Å². The highest BCUT2D eigenvalue weighted by Gasteiger charge is 2.26. The molecule has 0 radical (unpaired) electrons. The van der Waals surface area contributed by atoms with Crippen molar-refractivity contribution < 1.29 is 0 Å². The molecule has 1 fully saturated rings. The highest BCUT2D eigenvalue weighted by Crippen LogP contribution is 2.23. The van der Waals surface area contributed by atoms with Gasteiger partial charge in [0.25, 0.3) is 0 Å². The second kappa shape index (κ2) is 6.58. The van der Waals surface area contributed by atoms with E-state index in [0.717, 1.165) is 6.54 Å². The van der Waals surface area contributed by atoms with Gasteiger partial charge < -0.3 is 15.5 Å². The first-order valence-corrected chi connectivity index (χ1v) is 6.78. The molecular weight excluding hydrogens is 198 g/mol. The Morgan fingerprint density at radius 1 is 1.06 bits per heavy atom. The van der Waals surface area contributed by atoms with Crippen LogP contribution in [0.25, 0.3) is 0 Å². The molecule has 3 nitrogen and oxygen atoms in total. The van der Waals surface area contributed by atoms with Crippen LogP contribution in [-0.2, 0) is 0 Å². The molecule has 1 aliphatic rings. The van der Waals surface area contributed by atoms with E-state index in [4.69, 9.17) is 5.73 Å². The lowest BCUT2D eigenvalue weighted by Gasteiger charge is -2.39. The molecule has 1 aliphatic heterocycles. The van der Waals surface area contributed by atoms with Crippen molar-refractivity contribution in [2.45, 2.75) is 33.6 Å². The minimum Gasteiger partial charge on any atom is -0.330 e. The molecule has 1 atom stereocenters. The highest BCUT2D eigenvalue weighted by molar-refractivity contribution is 4.81. The van der Waals surface area contributed by atoms with Gasteiger partial charge in [-0.05, 0) is 24.9 Å². The summed E-state index contributed by atoms with van der Waals surface area (Å²) in [7, 11) is 0. The second-order valence-electron chi connectivity index (χ2n) is 5.48. The summed E-state index contributed by atoms with van der Waals surface area (Å²) in [6.45, 7) is 14.9. The average Bonchev–Trinajstić information content (AvgIpc) is 2.30. The Labute approximate surface area is 101 Å². The maximum atomic E-state index is 5.93. The van der Waals surface area contributed by atoms with E-state index in [1.807, 2.05) is 0 Å². The summed E-state index contributed by atoms with van der Waals surface area (Å²) in [6, 6.07) is 0. The molecule has 2 N–H and O–H groups in total. The SMILES string of the molecule is CCCC(C)(CN)CN1CCN(CC)CC1. The normalized spacial score (nSPS) is 23.2. The summed E-state index contributed by atoms with van der Waals surface area (Å²) in [4.78, 5) is 5.12. The van der Waals surface area contributed by atoms with E-state index >= 15 is 0 Å². The van der Waals surface area contributed by atoms with Gasteiger partial charge in [-0.3, -0.25) is 0 Å². The van der Waals surface area contributed by atoms with Gasteiger partial charge in [0.1, 0.15) is 0 Å². The Hall–Kier alpha value is -0.120. The van der Waals surface area contributed by atoms with Crippen LogP contribution in [-0.4, -0.2) is 55.6 Å². The summed E-state index contributed by atoms with van der Waals surface area (Å²) in [5.74, 6) is 0. The van der Waals surface area contributed by atoms with Crippen LogP contribution in [0, 0.1) is 5.41 Å². The van der Waals surface area contributed by atoms with Crippen molar-refractivity contribution in [3.8, 4) is 0 Å². The van der Waals surface area contributed by atoms with Crippen LogP contribution < -0.4 is 5.73 Å². The van der Waals surface area contributed by atoms with E-state index in [2.05, 4.69) is 30.6 Å². The Balaban J connectivity index is 2.36. The Bertz CT molecular complexity index is 188. The predicted molar refractivity (Wildman–Crippen MR) is 70.6 cm³/mol. The van der Waals surface area contributed by atoms with E-state index in [1.54, 1.807) is 0 Å². The van der Waals surface area contributed by atoms with Gasteiger partial charge in [-0.2, -0.15) is 0 Å². The van der Waals surface area contributed by atoms with Crippen molar-refractivity contribution in [2.24, 2.45) is 11.1 Å². The van der Waals surface area contributed by atoms with E-state index in [-0.39, 0.29) is 0 Å². The van der Waals surface area contributed by atoms with Crippen molar-refractivity contribution in [1.82, 2.24) is 9.80 Å².